The number of para-hydroxylation sites is 1. The lowest BCUT2D eigenvalue weighted by Crippen LogP contribution is -2.38. The Morgan fingerprint density at radius 1 is 1.10 bits per heavy atom. The van der Waals surface area contributed by atoms with E-state index in [0.29, 0.717) is 19.7 Å². The van der Waals surface area contributed by atoms with Crippen LogP contribution in [0.25, 0.3) is 11.0 Å². The second kappa shape index (κ2) is 10.4. The number of nitrogens with one attached hydrogen (secondary N) is 1. The molecule has 164 valence electrons. The second-order valence-corrected chi connectivity index (χ2v) is 6.74. The number of nitrogens with zero attached hydrogens (tertiary/aromatic N) is 3. The van der Waals surface area contributed by atoms with Gasteiger partial charge in [-0.2, -0.15) is 0 Å². The number of methoxy groups -OCH3 is 1. The van der Waals surface area contributed by atoms with Crippen molar-refractivity contribution in [1.82, 2.24) is 9.97 Å². The van der Waals surface area contributed by atoms with Crippen molar-refractivity contribution in [3.05, 3.63) is 48.5 Å². The van der Waals surface area contributed by atoms with Crippen LogP contribution in [0.15, 0.2) is 48.5 Å². The summed E-state index contributed by atoms with van der Waals surface area (Å²) in [6.07, 6.45) is 1.54. The topological polar surface area (TPSA) is 102 Å². The first-order chi connectivity index (χ1) is 13.7. The van der Waals surface area contributed by atoms with Gasteiger partial charge in [-0.1, -0.05) is 18.2 Å². The number of carbonyl (C=O) groups excluding carboxylic acids is 1. The number of benzene rings is 2. The van der Waals surface area contributed by atoms with E-state index in [9.17, 15) is 4.79 Å². The molecule has 1 aromatic heterocycles. The highest BCUT2D eigenvalue weighted by atomic mass is 19.0. The monoisotopic (exact) mass is 420 g/mol. The molecule has 3 aromatic rings. The van der Waals surface area contributed by atoms with Crippen LogP contribution in [-0.4, -0.2) is 54.9 Å². The van der Waals surface area contributed by atoms with Crippen molar-refractivity contribution in [2.45, 2.75) is 12.8 Å². The molecule has 0 saturated carbocycles. The van der Waals surface area contributed by atoms with Gasteiger partial charge in [-0.25, -0.2) is 9.78 Å². The lowest BCUT2D eigenvalue weighted by molar-refractivity contribution is 0.155. The number of imidazole rings is 1. The van der Waals surface area contributed by atoms with Crippen LogP contribution in [-0.2, 0) is 4.74 Å². The number of aromatic nitrogens is 2. The molecule has 0 spiro atoms. The van der Waals surface area contributed by atoms with Crippen molar-refractivity contribution in [2.75, 3.05) is 43.2 Å². The average molecular weight is 420 g/mol. The standard InChI is InChI=1S/C21H24N4O3.FH.H2O.H2/c1-27-17-9-10-18-19(15-17)23-20(22-18)24-11-5-6-12-25(21(26)28-14-13-24)16-7-3-2-4-8-16;;;/h2-4,7-10,15H,5-6,11-14H2,1H3,(H,22,23);1H;1H2;1H. The van der Waals surface area contributed by atoms with Crippen molar-refractivity contribution in [3.8, 4) is 5.75 Å². The van der Waals surface area contributed by atoms with Crippen LogP contribution in [0.5, 0.6) is 5.75 Å². The average Bonchev–Trinajstić information content (AvgIpc) is 3.16. The number of halogens is 1. The van der Waals surface area contributed by atoms with Crippen LogP contribution in [0, 0.1) is 0 Å². The summed E-state index contributed by atoms with van der Waals surface area (Å²) in [4.78, 5) is 24.4. The number of H-pyrrole nitrogens is 1. The Bertz CT molecular complexity index is 957. The summed E-state index contributed by atoms with van der Waals surface area (Å²) >= 11 is 0. The molecule has 1 aliphatic heterocycles. The number of hydrogen-bond donors (Lipinski definition) is 1. The smallest absolute Gasteiger partial charge is 0.414 e. The predicted molar refractivity (Wildman–Crippen MR) is 117 cm³/mol. The fourth-order valence-corrected chi connectivity index (χ4v) is 3.40. The number of carbonyl (C=O) groups is 1. The van der Waals surface area contributed by atoms with E-state index in [1.165, 1.54) is 0 Å². The number of aromatic amines is 1. The third kappa shape index (κ3) is 4.98. The van der Waals surface area contributed by atoms with Gasteiger partial charge < -0.3 is 24.8 Å². The Hall–Kier alpha value is -3.33. The fraction of sp³-hybridized carbons (Fsp3) is 0.333. The fourth-order valence-electron chi connectivity index (χ4n) is 3.40. The maximum atomic E-state index is 12.5. The quantitative estimate of drug-likeness (QED) is 0.700. The molecule has 4 rings (SSSR count). The van der Waals surface area contributed by atoms with Gasteiger partial charge in [0.2, 0.25) is 5.95 Å². The molecule has 1 saturated heterocycles. The molecular weight excluding hydrogens is 391 g/mol. The third-order valence-corrected chi connectivity index (χ3v) is 4.91. The lowest BCUT2D eigenvalue weighted by atomic mass is 10.2. The van der Waals surface area contributed by atoms with Gasteiger partial charge in [0.25, 0.3) is 0 Å². The molecule has 2 aromatic carbocycles. The molecule has 1 amide bonds. The van der Waals surface area contributed by atoms with E-state index in [4.69, 9.17) is 9.47 Å². The highest BCUT2D eigenvalue weighted by Crippen LogP contribution is 2.23. The van der Waals surface area contributed by atoms with Gasteiger partial charge in [-0.05, 0) is 37.1 Å². The van der Waals surface area contributed by atoms with Crippen LogP contribution in [0.3, 0.4) is 0 Å². The Labute approximate surface area is 175 Å². The van der Waals surface area contributed by atoms with E-state index in [2.05, 4.69) is 14.9 Å². The zero-order chi connectivity index (χ0) is 19.3. The van der Waals surface area contributed by atoms with Gasteiger partial charge in [0.1, 0.15) is 12.4 Å². The van der Waals surface area contributed by atoms with E-state index in [1.54, 1.807) is 12.0 Å². The molecule has 8 nitrogen and oxygen atoms in total. The minimum absolute atomic E-state index is 0. The molecule has 9 heteroatoms. The molecule has 0 bridgehead atoms. The highest BCUT2D eigenvalue weighted by molar-refractivity contribution is 5.87. The number of rotatable bonds is 3. The summed E-state index contributed by atoms with van der Waals surface area (Å²) in [5.41, 5.74) is 2.69. The molecule has 0 radical (unpaired) electrons. The van der Waals surface area contributed by atoms with Gasteiger partial charge in [0.15, 0.2) is 0 Å². The number of amides is 1. The first-order valence-electron chi connectivity index (χ1n) is 9.52. The van der Waals surface area contributed by atoms with Gasteiger partial charge in [-0.15, -0.1) is 0 Å². The van der Waals surface area contributed by atoms with E-state index < -0.39 is 0 Å². The summed E-state index contributed by atoms with van der Waals surface area (Å²) in [6, 6.07) is 15.4. The molecule has 2 heterocycles. The zero-order valence-corrected chi connectivity index (χ0v) is 16.8. The van der Waals surface area contributed by atoms with Crippen molar-refractivity contribution >= 4 is 28.8 Å². The van der Waals surface area contributed by atoms with Gasteiger partial charge in [0.05, 0.1) is 24.7 Å². The van der Waals surface area contributed by atoms with Gasteiger partial charge in [0, 0.05) is 26.3 Å². The van der Waals surface area contributed by atoms with Crippen LogP contribution in [0.1, 0.15) is 14.3 Å². The number of fused-ring (bicyclic) bond motifs is 1. The summed E-state index contributed by atoms with van der Waals surface area (Å²) in [6.45, 7) is 2.37. The SMILES string of the molecule is COc1ccc2nc(N3CCCCN(c4ccccc4)C(=O)OCC3)[nH]c2c1.F.O.[HH]. The van der Waals surface area contributed by atoms with Crippen molar-refractivity contribution in [3.63, 3.8) is 0 Å². The number of ether oxygens (including phenoxy) is 2. The Morgan fingerprint density at radius 3 is 2.63 bits per heavy atom. The minimum Gasteiger partial charge on any atom is -0.497 e. The van der Waals surface area contributed by atoms with Crippen LogP contribution in [0.4, 0.5) is 21.1 Å². The van der Waals surface area contributed by atoms with Crippen molar-refractivity contribution in [1.29, 1.82) is 0 Å². The lowest BCUT2D eigenvalue weighted by Gasteiger charge is -2.27. The van der Waals surface area contributed by atoms with E-state index >= 15 is 0 Å². The maximum Gasteiger partial charge on any atom is 0.414 e. The number of cyclic esters (lactones) is 1. The molecule has 0 unspecified atom stereocenters. The zero-order valence-electron chi connectivity index (χ0n) is 16.8. The molecule has 0 atom stereocenters. The Kier molecular flexibility index (Phi) is 7.99. The number of hydrogen-bond acceptors (Lipinski definition) is 5. The van der Waals surface area contributed by atoms with Crippen molar-refractivity contribution in [2.24, 2.45) is 0 Å². The maximum absolute atomic E-state index is 12.5. The Balaban J connectivity index is 0.00000160. The van der Waals surface area contributed by atoms with Gasteiger partial charge >= 0.3 is 6.09 Å². The molecular formula is C21H29FN4O4. The van der Waals surface area contributed by atoms with E-state index in [-0.39, 0.29) is 17.7 Å². The molecule has 1 aliphatic rings. The van der Waals surface area contributed by atoms with E-state index in [1.807, 2.05) is 48.5 Å². The molecule has 3 N–H and O–H groups in total. The summed E-state index contributed by atoms with van der Waals surface area (Å²) in [7, 11) is 1.65. The van der Waals surface area contributed by atoms with Crippen LogP contribution < -0.4 is 14.5 Å². The first kappa shape index (κ1) is 23.0. The number of anilines is 2. The first-order valence-corrected chi connectivity index (χ1v) is 9.52. The molecule has 1 fully saturated rings. The third-order valence-electron chi connectivity index (χ3n) is 4.91. The minimum atomic E-state index is -0.303. The normalized spacial score (nSPS) is 15.0. The van der Waals surface area contributed by atoms with Crippen LogP contribution >= 0.6 is 0 Å². The summed E-state index contributed by atoms with van der Waals surface area (Å²) in [5.74, 6) is 1.58. The largest absolute Gasteiger partial charge is 0.497 e. The second-order valence-electron chi connectivity index (χ2n) is 6.74. The summed E-state index contributed by atoms with van der Waals surface area (Å²) < 4.78 is 10.8. The molecule has 30 heavy (non-hydrogen) atoms. The van der Waals surface area contributed by atoms with Crippen LogP contribution in [0.2, 0.25) is 0 Å². The van der Waals surface area contributed by atoms with Crippen molar-refractivity contribution < 1.29 is 25.9 Å². The summed E-state index contributed by atoms with van der Waals surface area (Å²) in [5, 5.41) is 0. The van der Waals surface area contributed by atoms with E-state index in [0.717, 1.165) is 47.8 Å². The van der Waals surface area contributed by atoms with Gasteiger partial charge in [-0.3, -0.25) is 9.60 Å². The predicted octanol–water partition coefficient (Wildman–Crippen LogP) is 3.39. The highest BCUT2D eigenvalue weighted by Gasteiger charge is 2.20. The Morgan fingerprint density at radius 2 is 1.87 bits per heavy atom. The molecule has 0 aliphatic carbocycles.